The van der Waals surface area contributed by atoms with Gasteiger partial charge in [0.25, 0.3) is 0 Å². The first kappa shape index (κ1) is 11.4. The highest BCUT2D eigenvalue weighted by atomic mass is 127. The van der Waals surface area contributed by atoms with Crippen molar-refractivity contribution in [3.63, 3.8) is 0 Å². The Labute approximate surface area is 104 Å². The Morgan fingerprint density at radius 3 is 2.20 bits per heavy atom. The van der Waals surface area contributed by atoms with E-state index in [9.17, 15) is 8.42 Å². The lowest BCUT2D eigenvalue weighted by Gasteiger charge is -2.30. The van der Waals surface area contributed by atoms with E-state index in [1.165, 1.54) is 0 Å². The Hall–Kier alpha value is -0.100. The third-order valence-corrected chi connectivity index (χ3v) is 6.03. The van der Waals surface area contributed by atoms with E-state index in [2.05, 4.69) is 22.6 Å². The lowest BCUT2D eigenvalue weighted by molar-refractivity contribution is 0.500. The Kier molecular flexibility index (Phi) is 3.07. The smallest absolute Gasteiger partial charge is 0.181 e. The Balaban J connectivity index is 2.26. The van der Waals surface area contributed by atoms with E-state index in [4.69, 9.17) is 0 Å². The Bertz CT molecular complexity index is 444. The van der Waals surface area contributed by atoms with Crippen molar-refractivity contribution in [2.45, 2.75) is 33.8 Å². The van der Waals surface area contributed by atoms with Gasteiger partial charge in [-0.1, -0.05) is 40.3 Å². The van der Waals surface area contributed by atoms with E-state index >= 15 is 0 Å². The van der Waals surface area contributed by atoms with Crippen LogP contribution in [-0.4, -0.2) is 17.6 Å². The normalized spacial score (nSPS) is 26.0. The molecule has 2 rings (SSSR count). The fraction of sp³-hybridized carbons (Fsp3) is 0.455. The molecule has 1 aliphatic carbocycles. The summed E-state index contributed by atoms with van der Waals surface area (Å²) in [4.78, 5) is 0.474. The van der Waals surface area contributed by atoms with Gasteiger partial charge in [0.05, 0.1) is 10.1 Å². The molecule has 1 saturated carbocycles. The summed E-state index contributed by atoms with van der Waals surface area (Å²) < 4.78 is 24.7. The second-order valence-corrected chi connectivity index (χ2v) is 8.04. The summed E-state index contributed by atoms with van der Waals surface area (Å²) in [5.41, 5.74) is 1.09. The van der Waals surface area contributed by atoms with Gasteiger partial charge in [-0.25, -0.2) is 8.42 Å². The SMILES string of the molecule is Cc1ccc(S(=O)(=O)C2CC(I)C2)cc1. The molecule has 0 atom stereocenters. The molecule has 0 N–H and O–H groups in total. The van der Waals surface area contributed by atoms with Crippen LogP contribution in [0, 0.1) is 6.92 Å². The van der Waals surface area contributed by atoms with E-state index in [-0.39, 0.29) is 5.25 Å². The third-order valence-electron chi connectivity index (χ3n) is 2.83. The molecule has 0 heterocycles. The highest BCUT2D eigenvalue weighted by molar-refractivity contribution is 14.1. The van der Waals surface area contributed by atoms with Gasteiger partial charge in [-0.2, -0.15) is 0 Å². The number of halogens is 1. The molecule has 0 aliphatic heterocycles. The Morgan fingerprint density at radius 1 is 1.20 bits per heavy atom. The van der Waals surface area contributed by atoms with Gasteiger partial charge in [0.15, 0.2) is 9.84 Å². The molecule has 82 valence electrons. The van der Waals surface area contributed by atoms with Crippen LogP contribution in [0.1, 0.15) is 18.4 Å². The van der Waals surface area contributed by atoms with E-state index in [0.717, 1.165) is 18.4 Å². The molecule has 0 aromatic heterocycles. The predicted octanol–water partition coefficient (Wildman–Crippen LogP) is 2.73. The first-order valence-electron chi connectivity index (χ1n) is 4.95. The minimum atomic E-state index is -3.06. The minimum Gasteiger partial charge on any atom is -0.223 e. The van der Waals surface area contributed by atoms with Crippen molar-refractivity contribution in [2.24, 2.45) is 0 Å². The molecule has 0 spiro atoms. The third kappa shape index (κ3) is 2.20. The Morgan fingerprint density at radius 2 is 1.73 bits per heavy atom. The minimum absolute atomic E-state index is 0.151. The standard InChI is InChI=1S/C11H13IO2S/c1-8-2-4-10(5-3-8)15(13,14)11-6-9(12)7-11/h2-5,9,11H,6-7H2,1H3. The van der Waals surface area contributed by atoms with Crippen molar-refractivity contribution >= 4 is 32.4 Å². The van der Waals surface area contributed by atoms with E-state index in [0.29, 0.717) is 8.82 Å². The van der Waals surface area contributed by atoms with Crippen molar-refractivity contribution in [3.8, 4) is 0 Å². The van der Waals surface area contributed by atoms with Gasteiger partial charge >= 0.3 is 0 Å². The summed E-state index contributed by atoms with van der Waals surface area (Å²) in [5, 5.41) is -0.151. The van der Waals surface area contributed by atoms with Crippen LogP contribution < -0.4 is 0 Å². The molecule has 0 amide bonds. The van der Waals surface area contributed by atoms with Crippen molar-refractivity contribution in [1.82, 2.24) is 0 Å². The zero-order valence-electron chi connectivity index (χ0n) is 8.48. The highest BCUT2D eigenvalue weighted by Crippen LogP contribution is 2.36. The second-order valence-electron chi connectivity index (χ2n) is 4.05. The number of aryl methyl sites for hydroxylation is 1. The average molecular weight is 336 g/mol. The van der Waals surface area contributed by atoms with Crippen molar-refractivity contribution in [3.05, 3.63) is 29.8 Å². The topological polar surface area (TPSA) is 34.1 Å². The number of benzene rings is 1. The van der Waals surface area contributed by atoms with Crippen molar-refractivity contribution in [1.29, 1.82) is 0 Å². The first-order valence-corrected chi connectivity index (χ1v) is 7.74. The molecular formula is C11H13IO2S. The zero-order valence-corrected chi connectivity index (χ0v) is 11.5. The monoisotopic (exact) mass is 336 g/mol. The van der Waals surface area contributed by atoms with Crippen LogP contribution in [0.2, 0.25) is 0 Å². The number of hydrogen-bond donors (Lipinski definition) is 0. The number of sulfone groups is 1. The molecule has 0 saturated heterocycles. The lowest BCUT2D eigenvalue weighted by Crippen LogP contribution is -2.36. The molecular weight excluding hydrogens is 323 g/mol. The molecule has 15 heavy (non-hydrogen) atoms. The zero-order chi connectivity index (χ0) is 11.1. The van der Waals surface area contributed by atoms with Crippen LogP contribution in [0.3, 0.4) is 0 Å². The molecule has 0 radical (unpaired) electrons. The molecule has 2 nitrogen and oxygen atoms in total. The van der Waals surface area contributed by atoms with Crippen molar-refractivity contribution < 1.29 is 8.42 Å². The van der Waals surface area contributed by atoms with Crippen LogP contribution in [0.15, 0.2) is 29.2 Å². The van der Waals surface area contributed by atoms with E-state index < -0.39 is 9.84 Å². The van der Waals surface area contributed by atoms with Gasteiger partial charge < -0.3 is 0 Å². The summed E-state index contributed by atoms with van der Waals surface area (Å²) in [6, 6.07) is 7.14. The van der Waals surface area contributed by atoms with E-state index in [1.807, 2.05) is 19.1 Å². The number of alkyl halides is 1. The van der Waals surface area contributed by atoms with Gasteiger partial charge in [0.1, 0.15) is 0 Å². The maximum Gasteiger partial charge on any atom is 0.181 e. The van der Waals surface area contributed by atoms with Crippen LogP contribution in [0.25, 0.3) is 0 Å². The van der Waals surface area contributed by atoms with Gasteiger partial charge in [-0.05, 0) is 31.9 Å². The first-order chi connectivity index (χ1) is 7.00. The summed E-state index contributed by atoms with van der Waals surface area (Å²) in [6.45, 7) is 1.96. The fourth-order valence-electron chi connectivity index (χ4n) is 1.68. The molecule has 1 aliphatic rings. The number of rotatable bonds is 2. The van der Waals surface area contributed by atoms with Gasteiger partial charge in [0, 0.05) is 3.92 Å². The molecule has 4 heteroatoms. The highest BCUT2D eigenvalue weighted by Gasteiger charge is 2.37. The molecule has 1 aromatic rings. The van der Waals surface area contributed by atoms with Crippen LogP contribution in [-0.2, 0) is 9.84 Å². The van der Waals surface area contributed by atoms with Gasteiger partial charge in [-0.15, -0.1) is 0 Å². The summed E-state index contributed by atoms with van der Waals surface area (Å²) in [7, 11) is -3.06. The number of hydrogen-bond acceptors (Lipinski definition) is 2. The largest absolute Gasteiger partial charge is 0.223 e. The summed E-state index contributed by atoms with van der Waals surface area (Å²) >= 11 is 2.31. The van der Waals surface area contributed by atoms with E-state index in [1.54, 1.807) is 12.1 Å². The van der Waals surface area contributed by atoms with Gasteiger partial charge in [-0.3, -0.25) is 0 Å². The molecule has 1 aromatic carbocycles. The quantitative estimate of drug-likeness (QED) is 0.615. The predicted molar refractivity (Wildman–Crippen MR) is 69.2 cm³/mol. The van der Waals surface area contributed by atoms with Crippen LogP contribution in [0.4, 0.5) is 0 Å². The maximum absolute atomic E-state index is 12.1. The fourth-order valence-corrected chi connectivity index (χ4v) is 5.46. The van der Waals surface area contributed by atoms with Crippen LogP contribution in [0.5, 0.6) is 0 Å². The van der Waals surface area contributed by atoms with Crippen molar-refractivity contribution in [2.75, 3.05) is 0 Å². The van der Waals surface area contributed by atoms with Crippen LogP contribution >= 0.6 is 22.6 Å². The maximum atomic E-state index is 12.1. The summed E-state index contributed by atoms with van der Waals surface area (Å²) in [6.07, 6.45) is 1.60. The second kappa shape index (κ2) is 4.05. The molecule has 1 fully saturated rings. The average Bonchev–Trinajstić information content (AvgIpc) is 2.13. The van der Waals surface area contributed by atoms with Gasteiger partial charge in [0.2, 0.25) is 0 Å². The molecule has 0 unspecified atom stereocenters. The summed E-state index contributed by atoms with van der Waals surface area (Å²) in [5.74, 6) is 0. The molecule has 0 bridgehead atoms. The lowest BCUT2D eigenvalue weighted by atomic mass is 10.00.